The van der Waals surface area contributed by atoms with Crippen LogP contribution in [0.25, 0.3) is 0 Å². The van der Waals surface area contributed by atoms with Crippen LogP contribution in [-0.2, 0) is 45.2 Å². The van der Waals surface area contributed by atoms with Gasteiger partial charge in [-0.2, -0.15) is 0 Å². The summed E-state index contributed by atoms with van der Waals surface area (Å²) in [4.78, 5) is 29.5. The second kappa shape index (κ2) is 17.1. The predicted octanol–water partition coefficient (Wildman–Crippen LogP) is 6.38. The normalized spacial score (nSPS) is 18.7. The van der Waals surface area contributed by atoms with E-state index in [1.165, 1.54) is 11.1 Å². The number of benzene rings is 3. The van der Waals surface area contributed by atoms with Crippen molar-refractivity contribution in [1.82, 2.24) is 15.5 Å². The third-order valence-corrected chi connectivity index (χ3v) is 11.2. The molecule has 3 atom stereocenters. The molecule has 1 saturated heterocycles. The SMILES string of the molecule is C/C=C\C.CC(C)S(=O)CC1(c2ccccc2)CCN(C(=O)[C@@H](Cc2ccc(Cl)cc2)NC(=O)[C@@H]2Cc3ccccc3CN2)CC1. The van der Waals surface area contributed by atoms with E-state index in [2.05, 4.69) is 34.9 Å². The summed E-state index contributed by atoms with van der Waals surface area (Å²) in [6.07, 6.45) is 6.41. The van der Waals surface area contributed by atoms with E-state index in [0.717, 1.165) is 24.0 Å². The number of hydrogen-bond acceptors (Lipinski definition) is 4. The average molecular weight is 662 g/mol. The summed E-state index contributed by atoms with van der Waals surface area (Å²) in [6, 6.07) is 24.8. The fourth-order valence-corrected chi connectivity index (χ4v) is 7.55. The number of nitrogens with zero attached hydrogens (tertiary/aromatic N) is 1. The van der Waals surface area contributed by atoms with Gasteiger partial charge in [0.2, 0.25) is 11.8 Å². The van der Waals surface area contributed by atoms with Crippen molar-refractivity contribution in [2.45, 2.75) is 82.7 Å². The topological polar surface area (TPSA) is 78.5 Å². The van der Waals surface area contributed by atoms with Gasteiger partial charge < -0.3 is 15.5 Å². The fraction of sp³-hybridized carbons (Fsp3) is 0.421. The first kappa shape index (κ1) is 35.6. The molecule has 0 aromatic heterocycles. The van der Waals surface area contributed by atoms with E-state index in [-0.39, 0.29) is 22.5 Å². The lowest BCUT2D eigenvalue weighted by Gasteiger charge is -2.43. The van der Waals surface area contributed by atoms with Crippen LogP contribution in [0.2, 0.25) is 5.02 Å². The largest absolute Gasteiger partial charge is 0.343 e. The van der Waals surface area contributed by atoms with Gasteiger partial charge in [-0.1, -0.05) is 104 Å². The summed E-state index contributed by atoms with van der Waals surface area (Å²) in [6.45, 7) is 9.71. The van der Waals surface area contributed by atoms with Crippen LogP contribution in [0, 0.1) is 0 Å². The van der Waals surface area contributed by atoms with E-state index < -0.39 is 22.9 Å². The van der Waals surface area contributed by atoms with Gasteiger partial charge in [-0.3, -0.25) is 13.8 Å². The van der Waals surface area contributed by atoms with E-state index in [4.69, 9.17) is 11.6 Å². The Kier molecular flexibility index (Phi) is 13.2. The second-order valence-electron chi connectivity index (χ2n) is 12.5. The first-order valence-electron chi connectivity index (χ1n) is 16.3. The molecule has 2 N–H and O–H groups in total. The van der Waals surface area contributed by atoms with Gasteiger partial charge in [0, 0.05) is 58.3 Å². The number of carbonyl (C=O) groups excluding carboxylic acids is 2. The Hall–Kier alpha value is -3.26. The van der Waals surface area contributed by atoms with Gasteiger partial charge in [0.25, 0.3) is 0 Å². The molecule has 3 aromatic rings. The van der Waals surface area contributed by atoms with Crippen molar-refractivity contribution in [3.63, 3.8) is 0 Å². The molecule has 46 heavy (non-hydrogen) atoms. The predicted molar refractivity (Wildman–Crippen MR) is 190 cm³/mol. The molecule has 2 aliphatic rings. The van der Waals surface area contributed by atoms with Crippen molar-refractivity contribution < 1.29 is 13.8 Å². The molecule has 0 bridgehead atoms. The molecule has 0 radical (unpaired) electrons. The monoisotopic (exact) mass is 661 g/mol. The minimum Gasteiger partial charge on any atom is -0.343 e. The Morgan fingerprint density at radius 1 is 0.957 bits per heavy atom. The van der Waals surface area contributed by atoms with Gasteiger partial charge in [0.1, 0.15) is 6.04 Å². The van der Waals surface area contributed by atoms with Crippen LogP contribution in [-0.4, -0.2) is 57.1 Å². The van der Waals surface area contributed by atoms with Gasteiger partial charge >= 0.3 is 0 Å². The molecule has 3 aromatic carbocycles. The van der Waals surface area contributed by atoms with Gasteiger partial charge in [0.05, 0.1) is 6.04 Å². The lowest BCUT2D eigenvalue weighted by molar-refractivity contribution is -0.138. The first-order chi connectivity index (χ1) is 22.2. The molecule has 0 saturated carbocycles. The third-order valence-electron chi connectivity index (χ3n) is 9.06. The summed E-state index contributed by atoms with van der Waals surface area (Å²) in [5, 5.41) is 7.15. The van der Waals surface area contributed by atoms with E-state index in [1.54, 1.807) is 0 Å². The molecule has 246 valence electrons. The van der Waals surface area contributed by atoms with Crippen LogP contribution in [0.3, 0.4) is 0 Å². The molecule has 8 heteroatoms. The van der Waals surface area contributed by atoms with Gasteiger partial charge in [0.15, 0.2) is 0 Å². The lowest BCUT2D eigenvalue weighted by Crippen LogP contribution is -2.57. The van der Waals surface area contributed by atoms with Crippen molar-refractivity contribution in [3.05, 3.63) is 118 Å². The van der Waals surface area contributed by atoms with E-state index in [9.17, 15) is 13.8 Å². The average Bonchev–Trinajstić information content (AvgIpc) is 3.09. The van der Waals surface area contributed by atoms with Crippen LogP contribution in [0.1, 0.15) is 62.8 Å². The summed E-state index contributed by atoms with van der Waals surface area (Å²) in [5.41, 5.74) is 4.22. The molecule has 1 unspecified atom stereocenters. The van der Waals surface area contributed by atoms with Crippen LogP contribution < -0.4 is 10.6 Å². The third kappa shape index (κ3) is 9.40. The summed E-state index contributed by atoms with van der Waals surface area (Å²) in [5.74, 6) is 0.331. The minimum absolute atomic E-state index is 0.0737. The highest BCUT2D eigenvalue weighted by molar-refractivity contribution is 7.85. The molecule has 6 nitrogen and oxygen atoms in total. The summed E-state index contributed by atoms with van der Waals surface area (Å²) >= 11 is 6.12. The number of amides is 2. The molecule has 5 rings (SSSR count). The lowest BCUT2D eigenvalue weighted by atomic mass is 9.74. The number of fused-ring (bicyclic) bond motifs is 1. The number of halogens is 1. The van der Waals surface area contributed by atoms with E-state index in [0.29, 0.717) is 43.3 Å². The van der Waals surface area contributed by atoms with Crippen molar-refractivity contribution in [2.24, 2.45) is 0 Å². The number of hydrogen-bond donors (Lipinski definition) is 2. The molecular formula is C38H48ClN3O3S. The molecule has 1 fully saturated rings. The molecule has 0 aliphatic carbocycles. The summed E-state index contributed by atoms with van der Waals surface area (Å²) < 4.78 is 13.1. The number of nitrogens with one attached hydrogen (secondary N) is 2. The Morgan fingerprint density at radius 2 is 1.57 bits per heavy atom. The van der Waals surface area contributed by atoms with Crippen molar-refractivity contribution >= 4 is 34.2 Å². The van der Waals surface area contributed by atoms with Gasteiger partial charge in [-0.05, 0) is 67.5 Å². The van der Waals surface area contributed by atoms with Crippen LogP contribution in [0.5, 0.6) is 0 Å². The number of rotatable bonds is 9. The minimum atomic E-state index is -0.973. The maximum absolute atomic E-state index is 14.1. The van der Waals surface area contributed by atoms with Crippen LogP contribution in [0.15, 0.2) is 91.0 Å². The van der Waals surface area contributed by atoms with Gasteiger partial charge in [-0.15, -0.1) is 0 Å². The molecule has 2 heterocycles. The Labute approximate surface area is 282 Å². The second-order valence-corrected chi connectivity index (χ2v) is 14.9. The highest BCUT2D eigenvalue weighted by atomic mass is 35.5. The molecular weight excluding hydrogens is 614 g/mol. The number of carbonyl (C=O) groups is 2. The maximum atomic E-state index is 14.1. The molecule has 2 amide bonds. The van der Waals surface area contributed by atoms with E-state index in [1.807, 2.05) is 99.3 Å². The zero-order valence-electron chi connectivity index (χ0n) is 27.5. The van der Waals surface area contributed by atoms with Gasteiger partial charge in [-0.25, -0.2) is 0 Å². The van der Waals surface area contributed by atoms with Crippen molar-refractivity contribution in [3.8, 4) is 0 Å². The van der Waals surface area contributed by atoms with Crippen molar-refractivity contribution in [1.29, 1.82) is 0 Å². The zero-order valence-corrected chi connectivity index (χ0v) is 29.1. The number of allylic oxidation sites excluding steroid dienone is 2. The van der Waals surface area contributed by atoms with Crippen LogP contribution in [0.4, 0.5) is 0 Å². The Morgan fingerprint density at radius 3 is 2.17 bits per heavy atom. The number of likely N-dealkylation sites (tertiary alicyclic amines) is 1. The highest BCUT2D eigenvalue weighted by Crippen LogP contribution is 2.37. The van der Waals surface area contributed by atoms with Crippen LogP contribution >= 0.6 is 11.6 Å². The fourth-order valence-electron chi connectivity index (χ4n) is 6.09. The quantitative estimate of drug-likeness (QED) is 0.261. The zero-order chi connectivity index (χ0) is 33.1. The summed E-state index contributed by atoms with van der Waals surface area (Å²) in [7, 11) is -0.973. The Balaban J connectivity index is 0.00000113. The smallest absolute Gasteiger partial charge is 0.245 e. The molecule has 2 aliphatic heterocycles. The highest BCUT2D eigenvalue weighted by Gasteiger charge is 2.41. The Bertz CT molecular complexity index is 1480. The first-order valence-corrected chi connectivity index (χ1v) is 18.1. The standard InChI is InChI=1S/C34H40ClN3O3S.C4H8/c1-24(2)42(41)23-34(28-10-4-3-5-11-28)16-18-38(19-17-34)33(40)31(20-25-12-14-29(35)15-13-25)37-32(39)30-21-26-8-6-7-9-27(26)22-36-30;1-3-4-2/h3-15,24,30-31,36H,16-23H2,1-2H3,(H,37,39);3-4H,1-2H3/b;4-3-/t30-,31+,42?;/m0./s1. The number of piperidine rings is 1. The maximum Gasteiger partial charge on any atom is 0.245 e. The van der Waals surface area contributed by atoms with Crippen molar-refractivity contribution in [2.75, 3.05) is 18.8 Å². The molecule has 0 spiro atoms. The van der Waals surface area contributed by atoms with E-state index >= 15 is 0 Å².